The maximum Gasteiger partial charge on any atom is 0.246 e. The number of hydrazone groups is 1. The summed E-state index contributed by atoms with van der Waals surface area (Å²) in [5, 5.41) is 6.46. The lowest BCUT2D eigenvalue weighted by atomic mass is 10.2. The van der Waals surface area contributed by atoms with Crippen molar-refractivity contribution in [3.63, 3.8) is 0 Å². The number of nitrogens with one attached hydrogen (secondary N) is 1. The van der Waals surface area contributed by atoms with Crippen LogP contribution in [-0.2, 0) is 16.0 Å². The minimum absolute atomic E-state index is 0.0191. The van der Waals surface area contributed by atoms with Crippen molar-refractivity contribution in [2.24, 2.45) is 5.10 Å². The number of hydrogen-bond acceptors (Lipinski definition) is 6. The van der Waals surface area contributed by atoms with Gasteiger partial charge in [-0.15, -0.1) is 16.4 Å². The number of aromatic nitrogens is 2. The maximum atomic E-state index is 12.2. The van der Waals surface area contributed by atoms with Crippen LogP contribution in [-0.4, -0.2) is 44.1 Å². The molecule has 0 unspecified atom stereocenters. The molecule has 0 spiro atoms. The van der Waals surface area contributed by atoms with Crippen molar-refractivity contribution in [1.82, 2.24) is 19.7 Å². The van der Waals surface area contributed by atoms with E-state index < -0.39 is 0 Å². The molecule has 4 rings (SSSR count). The third-order valence-electron chi connectivity index (χ3n) is 3.96. The van der Waals surface area contributed by atoms with Crippen LogP contribution in [0.1, 0.15) is 5.69 Å². The highest BCUT2D eigenvalue weighted by Gasteiger charge is 2.24. The van der Waals surface area contributed by atoms with Gasteiger partial charge in [0.2, 0.25) is 11.8 Å². The largest absolute Gasteiger partial charge is 0.294 e. The summed E-state index contributed by atoms with van der Waals surface area (Å²) in [6.45, 7) is 0. The topological polar surface area (TPSA) is 79.1 Å². The third kappa shape index (κ3) is 3.23. The first-order valence-electron chi connectivity index (χ1n) is 7.88. The Morgan fingerprint density at radius 2 is 2.15 bits per heavy atom. The summed E-state index contributed by atoms with van der Waals surface area (Å²) in [5.74, 6) is 0.100. The fourth-order valence-electron chi connectivity index (χ4n) is 2.55. The second kappa shape index (κ2) is 6.93. The second-order valence-electron chi connectivity index (χ2n) is 5.72. The van der Waals surface area contributed by atoms with Gasteiger partial charge in [-0.25, -0.2) is 10.4 Å². The zero-order chi connectivity index (χ0) is 18.1. The van der Waals surface area contributed by atoms with Gasteiger partial charge in [0, 0.05) is 29.9 Å². The summed E-state index contributed by atoms with van der Waals surface area (Å²) >= 11 is 2.81. The van der Waals surface area contributed by atoms with E-state index in [9.17, 15) is 9.59 Å². The van der Waals surface area contributed by atoms with Gasteiger partial charge < -0.3 is 0 Å². The van der Waals surface area contributed by atoms with E-state index in [1.54, 1.807) is 7.05 Å². The number of nitrogens with zero attached hydrogens (tertiary/aromatic N) is 4. The molecule has 1 fully saturated rings. The number of imidazole rings is 1. The molecule has 7 nitrogen and oxygen atoms in total. The van der Waals surface area contributed by atoms with Crippen LogP contribution >= 0.6 is 23.1 Å². The molecule has 132 valence electrons. The summed E-state index contributed by atoms with van der Waals surface area (Å²) in [6.07, 6.45) is 2.12. The lowest BCUT2D eigenvalue weighted by molar-refractivity contribution is -0.123. The summed E-state index contributed by atoms with van der Waals surface area (Å²) in [5.41, 5.74) is 5.29. The van der Waals surface area contributed by atoms with E-state index in [4.69, 9.17) is 0 Å². The number of hydrogen-bond donors (Lipinski definition) is 1. The van der Waals surface area contributed by atoms with Crippen LogP contribution < -0.4 is 5.43 Å². The number of thioether (sulfide) groups is 1. The molecule has 1 aliphatic heterocycles. The fraction of sp³-hybridized carbons (Fsp3) is 0.176. The minimum Gasteiger partial charge on any atom is -0.294 e. The number of fused-ring (bicyclic) bond motifs is 1. The SMILES string of the molecule is CN1C(=O)CS/C1=N\NC(=O)Cc1csc2nc(-c3ccccc3)cn12. The second-order valence-corrected chi connectivity index (χ2v) is 7.50. The Labute approximate surface area is 157 Å². The van der Waals surface area contributed by atoms with Gasteiger partial charge >= 0.3 is 0 Å². The lowest BCUT2D eigenvalue weighted by Gasteiger charge is -2.07. The molecule has 0 radical (unpaired) electrons. The summed E-state index contributed by atoms with van der Waals surface area (Å²) in [7, 11) is 1.65. The number of thiazole rings is 1. The minimum atomic E-state index is -0.236. The Bertz CT molecular complexity index is 1010. The fourth-order valence-corrected chi connectivity index (χ4v) is 4.28. The molecule has 0 aliphatic carbocycles. The number of amidine groups is 1. The highest BCUT2D eigenvalue weighted by Crippen LogP contribution is 2.23. The van der Waals surface area contributed by atoms with E-state index >= 15 is 0 Å². The summed E-state index contributed by atoms with van der Waals surface area (Å²) in [4.78, 5) is 30.6. The van der Waals surface area contributed by atoms with Crippen molar-refractivity contribution in [3.05, 3.63) is 47.6 Å². The van der Waals surface area contributed by atoms with Gasteiger partial charge in [-0.2, -0.15) is 0 Å². The average Bonchev–Trinajstić information content (AvgIpc) is 3.32. The van der Waals surface area contributed by atoms with E-state index in [0.717, 1.165) is 21.9 Å². The first-order valence-corrected chi connectivity index (χ1v) is 9.75. The van der Waals surface area contributed by atoms with Gasteiger partial charge in [-0.1, -0.05) is 42.1 Å². The zero-order valence-corrected chi connectivity index (χ0v) is 15.5. The van der Waals surface area contributed by atoms with Crippen LogP contribution in [0.3, 0.4) is 0 Å². The molecule has 26 heavy (non-hydrogen) atoms. The van der Waals surface area contributed by atoms with Crippen molar-refractivity contribution < 1.29 is 9.59 Å². The maximum absolute atomic E-state index is 12.2. The van der Waals surface area contributed by atoms with E-state index in [-0.39, 0.29) is 18.2 Å². The summed E-state index contributed by atoms with van der Waals surface area (Å²) in [6, 6.07) is 9.92. The molecular weight excluding hydrogens is 370 g/mol. The number of carbonyl (C=O) groups is 2. The van der Waals surface area contributed by atoms with Gasteiger partial charge in [0.05, 0.1) is 17.9 Å². The highest BCUT2D eigenvalue weighted by atomic mass is 32.2. The van der Waals surface area contributed by atoms with Crippen LogP contribution in [0.2, 0.25) is 0 Å². The third-order valence-corrected chi connectivity index (χ3v) is 5.86. The number of benzene rings is 1. The Balaban J connectivity index is 1.49. The molecule has 1 saturated heterocycles. The molecule has 9 heteroatoms. The molecule has 0 bridgehead atoms. The van der Waals surface area contributed by atoms with Gasteiger partial charge in [-0.05, 0) is 0 Å². The zero-order valence-electron chi connectivity index (χ0n) is 13.9. The van der Waals surface area contributed by atoms with Crippen molar-refractivity contribution in [2.75, 3.05) is 12.8 Å². The average molecular weight is 385 g/mol. The van der Waals surface area contributed by atoms with E-state index in [1.807, 2.05) is 46.3 Å². The van der Waals surface area contributed by atoms with Crippen LogP contribution in [0.15, 0.2) is 47.0 Å². The predicted octanol–water partition coefficient (Wildman–Crippen LogP) is 2.20. The molecule has 1 aliphatic rings. The van der Waals surface area contributed by atoms with Gasteiger partial charge in [-0.3, -0.25) is 18.9 Å². The first-order chi connectivity index (χ1) is 12.6. The molecule has 2 aromatic heterocycles. The Morgan fingerprint density at radius 3 is 2.88 bits per heavy atom. The molecule has 0 atom stereocenters. The van der Waals surface area contributed by atoms with Gasteiger partial charge in [0.1, 0.15) is 0 Å². The normalized spacial score (nSPS) is 16.0. The summed E-state index contributed by atoms with van der Waals surface area (Å²) < 4.78 is 1.93. The van der Waals surface area contributed by atoms with Crippen LogP contribution in [0.5, 0.6) is 0 Å². The Morgan fingerprint density at radius 1 is 1.35 bits per heavy atom. The van der Waals surface area contributed by atoms with Crippen molar-refractivity contribution >= 4 is 45.0 Å². The van der Waals surface area contributed by atoms with Crippen molar-refractivity contribution in [3.8, 4) is 11.3 Å². The predicted molar refractivity (Wildman–Crippen MR) is 103 cm³/mol. The smallest absolute Gasteiger partial charge is 0.246 e. The van der Waals surface area contributed by atoms with Gasteiger partial charge in [0.25, 0.3) is 0 Å². The highest BCUT2D eigenvalue weighted by molar-refractivity contribution is 8.15. The molecule has 1 aromatic carbocycles. The molecule has 3 heterocycles. The quantitative estimate of drug-likeness (QED) is 0.699. The Kier molecular flexibility index (Phi) is 4.48. The van der Waals surface area contributed by atoms with E-state index in [0.29, 0.717) is 10.9 Å². The van der Waals surface area contributed by atoms with E-state index in [1.165, 1.54) is 28.0 Å². The molecule has 2 amide bonds. The number of carbonyl (C=O) groups excluding carboxylic acids is 2. The van der Waals surface area contributed by atoms with E-state index in [2.05, 4.69) is 15.5 Å². The number of rotatable bonds is 4. The first kappa shape index (κ1) is 16.8. The Hall–Kier alpha value is -2.65. The lowest BCUT2D eigenvalue weighted by Crippen LogP contribution is -2.28. The standard InChI is InChI=1S/C17H15N5O2S2/c1-21-15(24)10-26-17(21)20-19-14(23)7-12-9-25-16-18-13(8-22(12)16)11-5-3-2-4-6-11/h2-6,8-9H,7,10H2,1H3,(H,19,23)/b20-17-. The van der Waals surface area contributed by atoms with Crippen molar-refractivity contribution in [2.45, 2.75) is 6.42 Å². The molecule has 1 N–H and O–H groups in total. The van der Waals surface area contributed by atoms with Gasteiger partial charge in [0.15, 0.2) is 10.1 Å². The molecule has 0 saturated carbocycles. The van der Waals surface area contributed by atoms with Crippen LogP contribution in [0.25, 0.3) is 16.2 Å². The molecular formula is C17H15N5O2S2. The number of amides is 2. The molecule has 3 aromatic rings. The van der Waals surface area contributed by atoms with Crippen LogP contribution in [0, 0.1) is 0 Å². The monoisotopic (exact) mass is 385 g/mol. The van der Waals surface area contributed by atoms with Crippen LogP contribution in [0.4, 0.5) is 0 Å². The van der Waals surface area contributed by atoms with Crippen molar-refractivity contribution in [1.29, 1.82) is 0 Å².